The SMILES string of the molecule is CCOC(=O)C1CCCN(C(=O)c2cccc(CSc3nc(N4CCN(C/C=C/c5ccccc5)CC4)cc(C(C)(C)C)n3)c2)C1. The molecule has 9 heteroatoms. The van der Waals surface area contributed by atoms with Crippen LogP contribution in [0, 0.1) is 5.92 Å². The molecule has 2 fully saturated rings. The zero-order valence-electron chi connectivity index (χ0n) is 27.7. The van der Waals surface area contributed by atoms with Crippen molar-refractivity contribution in [3.05, 3.63) is 89.1 Å². The van der Waals surface area contributed by atoms with Crippen LogP contribution in [0.3, 0.4) is 0 Å². The number of likely N-dealkylation sites (tertiary alicyclic amines) is 1. The Labute approximate surface area is 278 Å². The van der Waals surface area contributed by atoms with Gasteiger partial charge in [0.25, 0.3) is 5.91 Å². The van der Waals surface area contributed by atoms with Crippen LogP contribution in [0.25, 0.3) is 6.08 Å². The number of ether oxygens (including phenoxy) is 1. The topological polar surface area (TPSA) is 78.9 Å². The fraction of sp³-hybridized carbons (Fsp3) is 0.459. The van der Waals surface area contributed by atoms with Crippen LogP contribution in [0.5, 0.6) is 0 Å². The quantitative estimate of drug-likeness (QED) is 0.145. The number of thioether (sulfide) groups is 1. The predicted molar refractivity (Wildman–Crippen MR) is 186 cm³/mol. The summed E-state index contributed by atoms with van der Waals surface area (Å²) in [5.74, 6) is 1.13. The third-order valence-corrected chi connectivity index (χ3v) is 9.42. The number of aromatic nitrogens is 2. The first-order valence-electron chi connectivity index (χ1n) is 16.5. The molecule has 2 saturated heterocycles. The molecule has 5 rings (SSSR count). The van der Waals surface area contributed by atoms with Crippen LogP contribution < -0.4 is 4.90 Å². The van der Waals surface area contributed by atoms with Crippen LogP contribution in [0.15, 0.2) is 71.9 Å². The lowest BCUT2D eigenvalue weighted by atomic mass is 9.92. The maximum atomic E-state index is 13.4. The normalized spacial score (nSPS) is 17.8. The molecule has 0 saturated carbocycles. The van der Waals surface area contributed by atoms with Crippen molar-refractivity contribution in [3.8, 4) is 0 Å². The Hall–Kier alpha value is -3.69. The molecule has 1 aromatic heterocycles. The van der Waals surface area contributed by atoms with E-state index in [2.05, 4.69) is 73.1 Å². The van der Waals surface area contributed by atoms with Gasteiger partial charge in [-0.2, -0.15) is 0 Å². The van der Waals surface area contributed by atoms with Crippen molar-refractivity contribution >= 4 is 35.5 Å². The summed E-state index contributed by atoms with van der Waals surface area (Å²) in [6.07, 6.45) is 6.00. The number of benzene rings is 2. The minimum absolute atomic E-state index is 0.0381. The lowest BCUT2D eigenvalue weighted by Crippen LogP contribution is -2.46. The third kappa shape index (κ3) is 9.19. The highest BCUT2D eigenvalue weighted by Crippen LogP contribution is 2.29. The van der Waals surface area contributed by atoms with Gasteiger partial charge in [0.2, 0.25) is 0 Å². The minimum atomic E-state index is -0.253. The summed E-state index contributed by atoms with van der Waals surface area (Å²) in [5, 5.41) is 0.751. The van der Waals surface area contributed by atoms with Crippen LogP contribution in [0.4, 0.5) is 5.82 Å². The van der Waals surface area contributed by atoms with E-state index < -0.39 is 0 Å². The van der Waals surface area contributed by atoms with E-state index in [-0.39, 0.29) is 23.2 Å². The van der Waals surface area contributed by atoms with Crippen LogP contribution >= 0.6 is 11.8 Å². The van der Waals surface area contributed by atoms with Gasteiger partial charge in [0, 0.05) is 68.6 Å². The van der Waals surface area contributed by atoms with Gasteiger partial charge in [-0.05, 0) is 43.0 Å². The second kappa shape index (κ2) is 15.7. The maximum Gasteiger partial charge on any atom is 0.310 e. The van der Waals surface area contributed by atoms with Gasteiger partial charge in [-0.1, -0.05) is 87.1 Å². The number of esters is 1. The summed E-state index contributed by atoms with van der Waals surface area (Å²) >= 11 is 1.60. The van der Waals surface area contributed by atoms with Gasteiger partial charge in [-0.3, -0.25) is 14.5 Å². The first-order chi connectivity index (χ1) is 22.2. The molecule has 2 aliphatic rings. The summed E-state index contributed by atoms with van der Waals surface area (Å²) in [6, 6.07) is 20.4. The maximum absolute atomic E-state index is 13.4. The van der Waals surface area contributed by atoms with Crippen molar-refractivity contribution in [1.29, 1.82) is 0 Å². The molecule has 0 spiro atoms. The Morgan fingerprint density at radius 3 is 2.50 bits per heavy atom. The highest BCUT2D eigenvalue weighted by atomic mass is 32.2. The van der Waals surface area contributed by atoms with Gasteiger partial charge < -0.3 is 14.5 Å². The molecule has 0 bridgehead atoms. The first kappa shape index (κ1) is 33.7. The van der Waals surface area contributed by atoms with Crippen molar-refractivity contribution in [3.63, 3.8) is 0 Å². The molecular weight excluding hydrogens is 595 g/mol. The summed E-state index contributed by atoms with van der Waals surface area (Å²) in [5.41, 5.74) is 3.83. The number of piperazine rings is 1. The monoisotopic (exact) mass is 641 g/mol. The lowest BCUT2D eigenvalue weighted by molar-refractivity contribution is -0.149. The Morgan fingerprint density at radius 2 is 1.76 bits per heavy atom. The molecule has 46 heavy (non-hydrogen) atoms. The number of hydrogen-bond acceptors (Lipinski definition) is 8. The summed E-state index contributed by atoms with van der Waals surface area (Å²) in [4.78, 5) is 42.3. The molecule has 0 radical (unpaired) electrons. The molecule has 3 aromatic rings. The van der Waals surface area contributed by atoms with E-state index in [1.165, 1.54) is 5.56 Å². The molecule has 2 aliphatic heterocycles. The Bertz CT molecular complexity index is 1500. The van der Waals surface area contributed by atoms with Gasteiger partial charge in [0.05, 0.1) is 18.2 Å². The van der Waals surface area contributed by atoms with Gasteiger partial charge in [-0.15, -0.1) is 0 Å². The average Bonchev–Trinajstić information content (AvgIpc) is 3.07. The first-order valence-corrected chi connectivity index (χ1v) is 17.4. The number of amides is 1. The van der Waals surface area contributed by atoms with Gasteiger partial charge in [-0.25, -0.2) is 9.97 Å². The molecule has 0 N–H and O–H groups in total. The van der Waals surface area contributed by atoms with Crippen LogP contribution in [0.2, 0.25) is 0 Å². The Kier molecular flexibility index (Phi) is 11.5. The van der Waals surface area contributed by atoms with Crippen molar-refractivity contribution in [2.24, 2.45) is 5.92 Å². The van der Waals surface area contributed by atoms with E-state index in [0.29, 0.717) is 31.0 Å². The molecular formula is C37H47N5O3S. The van der Waals surface area contributed by atoms with Crippen molar-refractivity contribution < 1.29 is 14.3 Å². The van der Waals surface area contributed by atoms with E-state index in [0.717, 1.165) is 67.8 Å². The van der Waals surface area contributed by atoms with Crippen molar-refractivity contribution in [1.82, 2.24) is 19.8 Å². The number of anilines is 1. The second-order valence-corrected chi connectivity index (χ2v) is 14.0. The fourth-order valence-electron chi connectivity index (χ4n) is 5.82. The number of carbonyl (C=O) groups is 2. The molecule has 2 aromatic carbocycles. The number of nitrogens with zero attached hydrogens (tertiary/aromatic N) is 5. The van der Waals surface area contributed by atoms with Crippen molar-refractivity contribution in [2.75, 3.05) is 57.3 Å². The van der Waals surface area contributed by atoms with Crippen molar-refractivity contribution in [2.45, 2.75) is 56.9 Å². The second-order valence-electron chi connectivity index (χ2n) is 13.1. The summed E-state index contributed by atoms with van der Waals surface area (Å²) < 4.78 is 5.22. The molecule has 244 valence electrons. The number of hydrogen-bond donors (Lipinski definition) is 0. The highest BCUT2D eigenvalue weighted by Gasteiger charge is 2.30. The molecule has 1 atom stereocenters. The van der Waals surface area contributed by atoms with Gasteiger partial charge >= 0.3 is 5.97 Å². The number of rotatable bonds is 10. The summed E-state index contributed by atoms with van der Waals surface area (Å²) in [7, 11) is 0. The number of piperidine rings is 1. The smallest absolute Gasteiger partial charge is 0.310 e. The van der Waals surface area contributed by atoms with E-state index in [1.807, 2.05) is 37.3 Å². The van der Waals surface area contributed by atoms with Gasteiger partial charge in [0.1, 0.15) is 5.82 Å². The van der Waals surface area contributed by atoms with E-state index >= 15 is 0 Å². The molecule has 3 heterocycles. The summed E-state index contributed by atoms with van der Waals surface area (Å²) in [6.45, 7) is 14.5. The van der Waals surface area contributed by atoms with E-state index in [1.54, 1.807) is 16.7 Å². The largest absolute Gasteiger partial charge is 0.466 e. The Morgan fingerprint density at radius 1 is 0.978 bits per heavy atom. The molecule has 8 nitrogen and oxygen atoms in total. The predicted octanol–water partition coefficient (Wildman–Crippen LogP) is 6.32. The molecule has 0 aliphatic carbocycles. The van der Waals surface area contributed by atoms with E-state index in [9.17, 15) is 9.59 Å². The Balaban J connectivity index is 1.21. The number of carbonyl (C=O) groups excluding carboxylic acids is 2. The standard InChI is InChI=1S/C37H47N5O3S/c1-5-45-35(44)31-17-11-19-42(26-31)34(43)30-16-9-14-29(24-30)27-46-36-38-32(37(2,3)4)25-33(39-36)41-22-20-40(21-23-41)18-10-15-28-12-7-6-8-13-28/h6-10,12-16,24-25,31H,5,11,17-23,26-27H2,1-4H3/b15-10+. The molecule has 1 unspecified atom stereocenters. The zero-order chi connectivity index (χ0) is 32.5. The van der Waals surface area contributed by atoms with Gasteiger partial charge in [0.15, 0.2) is 5.16 Å². The van der Waals surface area contributed by atoms with Crippen LogP contribution in [-0.4, -0.2) is 84.1 Å². The zero-order valence-corrected chi connectivity index (χ0v) is 28.5. The average molecular weight is 642 g/mol. The lowest BCUT2D eigenvalue weighted by Gasteiger charge is -2.35. The molecule has 1 amide bonds. The van der Waals surface area contributed by atoms with Crippen LogP contribution in [-0.2, 0) is 20.7 Å². The third-order valence-electron chi connectivity index (χ3n) is 8.50. The highest BCUT2D eigenvalue weighted by molar-refractivity contribution is 7.98. The van der Waals surface area contributed by atoms with Crippen LogP contribution in [0.1, 0.15) is 67.7 Å². The minimum Gasteiger partial charge on any atom is -0.466 e. The van der Waals surface area contributed by atoms with E-state index in [4.69, 9.17) is 14.7 Å². The fourth-order valence-corrected chi connectivity index (χ4v) is 6.62.